The maximum atomic E-state index is 11.5. The summed E-state index contributed by atoms with van der Waals surface area (Å²) in [5, 5.41) is 10.2. The smallest absolute Gasteiger partial charge is 0.305 e. The highest BCUT2D eigenvalue weighted by molar-refractivity contribution is 9.10. The second kappa shape index (κ2) is 8.89. The molecule has 6 heteroatoms. The number of hydrogen-bond acceptors (Lipinski definition) is 5. The summed E-state index contributed by atoms with van der Waals surface area (Å²) in [6.45, 7) is 2.35. The van der Waals surface area contributed by atoms with Crippen LogP contribution >= 0.6 is 15.9 Å². The topological polar surface area (TPSA) is 65.0 Å². The van der Waals surface area contributed by atoms with Crippen molar-refractivity contribution in [3.8, 4) is 11.5 Å². The average Bonchev–Trinajstić information content (AvgIpc) is 2.49. The van der Waals surface area contributed by atoms with E-state index < -0.39 is 6.10 Å². The fourth-order valence-corrected chi connectivity index (χ4v) is 2.41. The van der Waals surface area contributed by atoms with Crippen LogP contribution in [0.5, 0.6) is 11.5 Å². The van der Waals surface area contributed by atoms with Gasteiger partial charge in [0.05, 0.1) is 26.9 Å². The summed E-state index contributed by atoms with van der Waals surface area (Å²) in [6.07, 6.45) is 0.460. The molecule has 0 spiro atoms. The number of carbonyl (C=O) groups excluding carboxylic acids is 1. The van der Waals surface area contributed by atoms with Crippen molar-refractivity contribution in [3.63, 3.8) is 0 Å². The van der Waals surface area contributed by atoms with Crippen LogP contribution in [0.15, 0.2) is 16.6 Å². The summed E-state index contributed by atoms with van der Waals surface area (Å²) < 4.78 is 16.1. The van der Waals surface area contributed by atoms with Gasteiger partial charge in [-0.3, -0.25) is 4.79 Å². The van der Waals surface area contributed by atoms with Crippen molar-refractivity contribution in [2.75, 3.05) is 20.8 Å². The molecule has 0 saturated carbocycles. The van der Waals surface area contributed by atoms with Crippen LogP contribution in [0.4, 0.5) is 0 Å². The Morgan fingerprint density at radius 1 is 1.29 bits per heavy atom. The number of ether oxygens (including phenoxy) is 3. The molecule has 0 amide bonds. The van der Waals surface area contributed by atoms with Gasteiger partial charge >= 0.3 is 5.97 Å². The summed E-state index contributed by atoms with van der Waals surface area (Å²) in [5.74, 6) is 0.804. The highest BCUT2D eigenvalue weighted by atomic mass is 79.9. The van der Waals surface area contributed by atoms with Crippen LogP contribution in [0, 0.1) is 0 Å². The Balaban J connectivity index is 2.73. The average molecular weight is 361 g/mol. The molecule has 0 heterocycles. The third-order valence-corrected chi connectivity index (χ3v) is 3.64. The molecular formula is C15H21BrO5. The third-order valence-electron chi connectivity index (χ3n) is 2.95. The van der Waals surface area contributed by atoms with Gasteiger partial charge in [-0.25, -0.2) is 0 Å². The zero-order chi connectivity index (χ0) is 15.8. The van der Waals surface area contributed by atoms with E-state index in [1.165, 1.54) is 7.11 Å². The Hall–Kier alpha value is -1.27. The van der Waals surface area contributed by atoms with Crippen molar-refractivity contribution in [1.82, 2.24) is 0 Å². The van der Waals surface area contributed by atoms with E-state index in [9.17, 15) is 9.90 Å². The van der Waals surface area contributed by atoms with E-state index >= 15 is 0 Å². The largest absolute Gasteiger partial charge is 0.493 e. The summed E-state index contributed by atoms with van der Waals surface area (Å²) in [6, 6.07) is 3.43. The molecular weight excluding hydrogens is 340 g/mol. The summed E-state index contributed by atoms with van der Waals surface area (Å²) in [7, 11) is 3.08. The van der Waals surface area contributed by atoms with Gasteiger partial charge in [0, 0.05) is 10.9 Å². The number of aliphatic hydroxyl groups is 1. The maximum Gasteiger partial charge on any atom is 0.305 e. The Bertz CT molecular complexity index is 475. The van der Waals surface area contributed by atoms with Gasteiger partial charge in [0.2, 0.25) is 0 Å². The molecule has 118 valence electrons. The van der Waals surface area contributed by atoms with Crippen LogP contribution in [0.25, 0.3) is 0 Å². The number of rotatable bonds is 8. The molecule has 0 bridgehead atoms. The minimum atomic E-state index is -0.784. The zero-order valence-electron chi connectivity index (χ0n) is 12.5. The molecule has 5 nitrogen and oxygen atoms in total. The van der Waals surface area contributed by atoms with Crippen LogP contribution in [0.2, 0.25) is 0 Å². The number of benzene rings is 1. The summed E-state index contributed by atoms with van der Waals surface area (Å²) >= 11 is 3.39. The second-order valence-electron chi connectivity index (χ2n) is 4.50. The van der Waals surface area contributed by atoms with Crippen molar-refractivity contribution in [2.45, 2.75) is 32.3 Å². The Kier molecular flexibility index (Phi) is 7.53. The molecule has 1 N–H and O–H groups in total. The number of aliphatic hydroxyl groups excluding tert-OH is 1. The van der Waals surface area contributed by atoms with Crippen LogP contribution in [0.1, 0.15) is 37.9 Å². The summed E-state index contributed by atoms with van der Waals surface area (Å²) in [4.78, 5) is 11.5. The minimum absolute atomic E-state index is 0.169. The molecule has 0 radical (unpaired) electrons. The van der Waals surface area contributed by atoms with E-state index in [1.54, 1.807) is 19.2 Å². The normalized spacial score (nSPS) is 11.9. The SMILES string of the molecule is CCCOC(=O)CCC(O)c1cc(OC)c(OC)cc1Br. The third kappa shape index (κ3) is 5.21. The van der Waals surface area contributed by atoms with E-state index in [1.807, 2.05) is 6.92 Å². The lowest BCUT2D eigenvalue weighted by atomic mass is 10.0. The van der Waals surface area contributed by atoms with E-state index in [-0.39, 0.29) is 18.8 Å². The number of esters is 1. The lowest BCUT2D eigenvalue weighted by Gasteiger charge is -2.16. The van der Waals surface area contributed by atoms with E-state index in [0.29, 0.717) is 28.1 Å². The lowest BCUT2D eigenvalue weighted by Crippen LogP contribution is -2.08. The first-order valence-corrected chi connectivity index (χ1v) is 7.57. The maximum absolute atomic E-state index is 11.5. The van der Waals surface area contributed by atoms with Gasteiger partial charge < -0.3 is 19.3 Å². The van der Waals surface area contributed by atoms with Crippen molar-refractivity contribution >= 4 is 21.9 Å². The van der Waals surface area contributed by atoms with Crippen molar-refractivity contribution in [2.24, 2.45) is 0 Å². The minimum Gasteiger partial charge on any atom is -0.493 e. The molecule has 0 fully saturated rings. The number of hydrogen-bond donors (Lipinski definition) is 1. The number of carbonyl (C=O) groups is 1. The predicted octanol–water partition coefficient (Wildman–Crippen LogP) is 3.23. The van der Waals surface area contributed by atoms with Crippen LogP contribution < -0.4 is 9.47 Å². The van der Waals surface area contributed by atoms with Crippen LogP contribution in [0.3, 0.4) is 0 Å². The van der Waals surface area contributed by atoms with Gasteiger partial charge in [-0.1, -0.05) is 22.9 Å². The summed E-state index contributed by atoms with van der Waals surface area (Å²) in [5.41, 5.74) is 0.649. The molecule has 1 atom stereocenters. The van der Waals surface area contributed by atoms with Gasteiger partial charge in [0.15, 0.2) is 11.5 Å². The molecule has 0 aromatic heterocycles. The Labute approximate surface area is 133 Å². The van der Waals surface area contributed by atoms with Crippen LogP contribution in [-0.4, -0.2) is 31.9 Å². The molecule has 0 aliphatic heterocycles. The quantitative estimate of drug-likeness (QED) is 0.721. The van der Waals surface area contributed by atoms with Gasteiger partial charge in [0.25, 0.3) is 0 Å². The highest BCUT2D eigenvalue weighted by Gasteiger charge is 2.17. The first kappa shape index (κ1) is 17.8. The molecule has 0 aliphatic rings. The number of methoxy groups -OCH3 is 2. The van der Waals surface area contributed by atoms with Crippen LogP contribution in [-0.2, 0) is 9.53 Å². The fourth-order valence-electron chi connectivity index (χ4n) is 1.82. The van der Waals surface area contributed by atoms with Gasteiger partial charge in [-0.2, -0.15) is 0 Å². The first-order chi connectivity index (χ1) is 10.0. The number of halogens is 1. The van der Waals surface area contributed by atoms with Crippen molar-refractivity contribution < 1.29 is 24.1 Å². The Morgan fingerprint density at radius 2 is 1.90 bits per heavy atom. The van der Waals surface area contributed by atoms with Crippen molar-refractivity contribution in [3.05, 3.63) is 22.2 Å². The standard InChI is InChI=1S/C15H21BrO5/c1-4-7-21-15(18)6-5-12(17)10-8-13(19-2)14(20-3)9-11(10)16/h8-9,12,17H,4-7H2,1-3H3. The monoisotopic (exact) mass is 360 g/mol. The van der Waals surface area contributed by atoms with E-state index in [0.717, 1.165) is 6.42 Å². The molecule has 1 aromatic rings. The molecule has 0 aliphatic carbocycles. The molecule has 1 unspecified atom stereocenters. The molecule has 1 aromatic carbocycles. The van der Waals surface area contributed by atoms with Gasteiger partial charge in [0.1, 0.15) is 0 Å². The van der Waals surface area contributed by atoms with Gasteiger partial charge in [-0.15, -0.1) is 0 Å². The molecule has 0 saturated heterocycles. The fraction of sp³-hybridized carbons (Fsp3) is 0.533. The second-order valence-corrected chi connectivity index (χ2v) is 5.36. The molecule has 21 heavy (non-hydrogen) atoms. The highest BCUT2D eigenvalue weighted by Crippen LogP contribution is 2.37. The molecule has 1 rings (SSSR count). The Morgan fingerprint density at radius 3 is 2.48 bits per heavy atom. The van der Waals surface area contributed by atoms with Crippen molar-refractivity contribution in [1.29, 1.82) is 0 Å². The predicted molar refractivity (Wildman–Crippen MR) is 82.7 cm³/mol. The van der Waals surface area contributed by atoms with E-state index in [2.05, 4.69) is 15.9 Å². The lowest BCUT2D eigenvalue weighted by molar-refractivity contribution is -0.144. The zero-order valence-corrected chi connectivity index (χ0v) is 14.1. The van der Waals surface area contributed by atoms with Gasteiger partial charge in [-0.05, 0) is 30.5 Å². The first-order valence-electron chi connectivity index (χ1n) is 6.78. The van der Waals surface area contributed by atoms with E-state index in [4.69, 9.17) is 14.2 Å².